The molecule has 3 aliphatic rings. The molecule has 2 amide bonds. The average Bonchev–Trinajstić information content (AvgIpc) is 3.21. The summed E-state index contributed by atoms with van der Waals surface area (Å²) in [7, 11) is 1.68. The van der Waals surface area contributed by atoms with E-state index in [-0.39, 0.29) is 29.5 Å². The molecular formula is C23H33N3O3. The second kappa shape index (κ2) is 7.62. The van der Waals surface area contributed by atoms with Gasteiger partial charge in [-0.1, -0.05) is 13.8 Å². The van der Waals surface area contributed by atoms with Gasteiger partial charge in [0, 0.05) is 43.0 Å². The van der Waals surface area contributed by atoms with Crippen LogP contribution in [-0.4, -0.2) is 39.4 Å². The summed E-state index contributed by atoms with van der Waals surface area (Å²) < 4.78 is 1.47. The molecule has 0 spiro atoms. The number of carbonyl (C=O) groups excluding carboxylic acids is 2. The van der Waals surface area contributed by atoms with Gasteiger partial charge in [-0.05, 0) is 63.4 Å². The Hall–Kier alpha value is -2.11. The van der Waals surface area contributed by atoms with Crippen LogP contribution in [-0.2, 0) is 11.8 Å². The third-order valence-electron chi connectivity index (χ3n) is 7.39. The molecule has 2 bridgehead atoms. The number of hydrogen-bond acceptors (Lipinski definition) is 3. The molecule has 158 valence electrons. The zero-order chi connectivity index (χ0) is 20.8. The molecule has 2 saturated heterocycles. The van der Waals surface area contributed by atoms with E-state index in [1.165, 1.54) is 17.1 Å². The molecular weight excluding hydrogens is 366 g/mol. The normalized spacial score (nSPS) is 28.6. The van der Waals surface area contributed by atoms with Crippen LogP contribution in [0.5, 0.6) is 0 Å². The number of fused-ring (bicyclic) bond motifs is 2. The summed E-state index contributed by atoms with van der Waals surface area (Å²) in [6.45, 7) is 4.38. The number of rotatable bonds is 6. The first kappa shape index (κ1) is 20.2. The minimum absolute atomic E-state index is 0.0668. The highest BCUT2D eigenvalue weighted by molar-refractivity contribution is 5.96. The second-order valence-corrected chi connectivity index (χ2v) is 9.72. The highest BCUT2D eigenvalue weighted by Crippen LogP contribution is 2.53. The molecule has 3 heterocycles. The van der Waals surface area contributed by atoms with Gasteiger partial charge in [0.05, 0.1) is 5.41 Å². The standard InChI is InChI=1S/C23H33N3O3/c1-15(2)9-11-23(22(29)24-17-5-4-6-17)14-18-7-8-19(23)26(18)21(28)16-10-12-25(3)20(27)13-16/h10,12-13,15,17-19H,4-9,11,14H2,1-3H3,(H,24,29)/t18-,19+,23+/m1/s1. The summed E-state index contributed by atoms with van der Waals surface area (Å²) in [6.07, 6.45) is 9.33. The van der Waals surface area contributed by atoms with Gasteiger partial charge in [0.1, 0.15) is 0 Å². The molecule has 1 N–H and O–H groups in total. The third-order valence-corrected chi connectivity index (χ3v) is 7.39. The SMILES string of the molecule is CC(C)CC[C@]1(C(=O)NC2CCC2)C[C@H]2CC[C@@H]1N2C(=O)c1ccn(C)c(=O)c1. The largest absolute Gasteiger partial charge is 0.353 e. The average molecular weight is 400 g/mol. The van der Waals surface area contributed by atoms with E-state index in [1.807, 2.05) is 4.90 Å². The smallest absolute Gasteiger partial charge is 0.254 e. The van der Waals surface area contributed by atoms with E-state index in [4.69, 9.17) is 0 Å². The van der Waals surface area contributed by atoms with Crippen LogP contribution < -0.4 is 10.9 Å². The lowest BCUT2D eigenvalue weighted by Gasteiger charge is -2.39. The van der Waals surface area contributed by atoms with Crippen molar-refractivity contribution in [3.05, 3.63) is 34.2 Å². The van der Waals surface area contributed by atoms with Crippen LogP contribution in [0.1, 0.15) is 75.6 Å². The fraction of sp³-hybridized carbons (Fsp3) is 0.696. The fourth-order valence-corrected chi connectivity index (χ4v) is 5.37. The maximum Gasteiger partial charge on any atom is 0.254 e. The van der Waals surface area contributed by atoms with Crippen LogP contribution in [0.3, 0.4) is 0 Å². The van der Waals surface area contributed by atoms with Crippen molar-refractivity contribution in [1.82, 2.24) is 14.8 Å². The lowest BCUT2D eigenvalue weighted by molar-refractivity contribution is -0.134. The van der Waals surface area contributed by atoms with Crippen molar-refractivity contribution in [2.45, 2.75) is 83.3 Å². The predicted octanol–water partition coefficient (Wildman–Crippen LogP) is 2.85. The summed E-state index contributed by atoms with van der Waals surface area (Å²) >= 11 is 0. The van der Waals surface area contributed by atoms with Crippen LogP contribution in [0.2, 0.25) is 0 Å². The molecule has 29 heavy (non-hydrogen) atoms. The Labute approximate surface area is 172 Å². The number of hydrogen-bond donors (Lipinski definition) is 1. The van der Waals surface area contributed by atoms with Crippen molar-refractivity contribution in [1.29, 1.82) is 0 Å². The van der Waals surface area contributed by atoms with E-state index in [9.17, 15) is 14.4 Å². The molecule has 2 aliphatic heterocycles. The van der Waals surface area contributed by atoms with Crippen molar-refractivity contribution < 1.29 is 9.59 Å². The Balaban J connectivity index is 1.62. The van der Waals surface area contributed by atoms with Crippen molar-refractivity contribution in [3.63, 3.8) is 0 Å². The monoisotopic (exact) mass is 399 g/mol. The van der Waals surface area contributed by atoms with Gasteiger partial charge >= 0.3 is 0 Å². The predicted molar refractivity (Wildman–Crippen MR) is 112 cm³/mol. The third kappa shape index (κ3) is 3.51. The van der Waals surface area contributed by atoms with Gasteiger partial charge in [0.25, 0.3) is 11.5 Å². The van der Waals surface area contributed by atoms with Crippen LogP contribution in [0, 0.1) is 11.3 Å². The Bertz CT molecular complexity index is 857. The Morgan fingerprint density at radius 3 is 2.62 bits per heavy atom. The zero-order valence-corrected chi connectivity index (χ0v) is 17.8. The quantitative estimate of drug-likeness (QED) is 0.800. The number of nitrogens with zero attached hydrogens (tertiary/aromatic N) is 2. The van der Waals surface area contributed by atoms with Crippen molar-refractivity contribution in [2.24, 2.45) is 18.4 Å². The van der Waals surface area contributed by atoms with Gasteiger partial charge in [-0.15, -0.1) is 0 Å². The van der Waals surface area contributed by atoms with Gasteiger partial charge in [0.2, 0.25) is 5.91 Å². The Morgan fingerprint density at radius 2 is 2.00 bits per heavy atom. The molecule has 0 aromatic carbocycles. The lowest BCUT2D eigenvalue weighted by Crippen LogP contribution is -2.53. The number of aromatic nitrogens is 1. The summed E-state index contributed by atoms with van der Waals surface area (Å²) in [6, 6.07) is 3.47. The second-order valence-electron chi connectivity index (χ2n) is 9.72. The number of amides is 2. The van der Waals surface area contributed by atoms with Crippen LogP contribution in [0.15, 0.2) is 23.1 Å². The van der Waals surface area contributed by atoms with Gasteiger partial charge in [0.15, 0.2) is 0 Å². The molecule has 3 fully saturated rings. The number of carbonyl (C=O) groups is 2. The fourth-order valence-electron chi connectivity index (χ4n) is 5.37. The minimum Gasteiger partial charge on any atom is -0.353 e. The van der Waals surface area contributed by atoms with E-state index in [1.54, 1.807) is 19.3 Å². The molecule has 1 saturated carbocycles. The molecule has 0 radical (unpaired) electrons. The zero-order valence-electron chi connectivity index (χ0n) is 17.8. The number of nitrogens with one attached hydrogen (secondary N) is 1. The summed E-state index contributed by atoms with van der Waals surface area (Å²) in [4.78, 5) is 40.8. The molecule has 0 unspecified atom stereocenters. The lowest BCUT2D eigenvalue weighted by atomic mass is 9.69. The molecule has 1 aromatic heterocycles. The first-order chi connectivity index (χ1) is 13.8. The van der Waals surface area contributed by atoms with Crippen LogP contribution >= 0.6 is 0 Å². The van der Waals surface area contributed by atoms with Crippen molar-refractivity contribution >= 4 is 11.8 Å². The summed E-state index contributed by atoms with van der Waals surface area (Å²) in [5.41, 5.74) is -0.238. The maximum atomic E-state index is 13.5. The van der Waals surface area contributed by atoms with Crippen LogP contribution in [0.25, 0.3) is 0 Å². The summed E-state index contributed by atoms with van der Waals surface area (Å²) in [5, 5.41) is 3.29. The maximum absolute atomic E-state index is 13.5. The van der Waals surface area contributed by atoms with E-state index in [0.29, 0.717) is 17.5 Å². The van der Waals surface area contributed by atoms with Crippen LogP contribution in [0.4, 0.5) is 0 Å². The minimum atomic E-state index is -0.488. The highest BCUT2D eigenvalue weighted by atomic mass is 16.2. The van der Waals surface area contributed by atoms with Gasteiger partial charge < -0.3 is 14.8 Å². The van der Waals surface area contributed by atoms with Gasteiger partial charge in [-0.2, -0.15) is 0 Å². The summed E-state index contributed by atoms with van der Waals surface area (Å²) in [5.74, 6) is 0.568. The molecule has 4 rings (SSSR count). The first-order valence-electron chi connectivity index (χ1n) is 11.1. The van der Waals surface area contributed by atoms with Gasteiger partial charge in [-0.25, -0.2) is 0 Å². The molecule has 1 aliphatic carbocycles. The Morgan fingerprint density at radius 1 is 1.24 bits per heavy atom. The van der Waals surface area contributed by atoms with E-state index < -0.39 is 5.41 Å². The number of pyridine rings is 1. The molecule has 1 aromatic rings. The van der Waals surface area contributed by atoms with Gasteiger partial charge in [-0.3, -0.25) is 14.4 Å². The molecule has 6 heteroatoms. The molecule has 3 atom stereocenters. The topological polar surface area (TPSA) is 71.4 Å². The number of aryl methyl sites for hydroxylation is 1. The van der Waals surface area contributed by atoms with E-state index in [0.717, 1.165) is 44.9 Å². The van der Waals surface area contributed by atoms with Crippen molar-refractivity contribution in [2.75, 3.05) is 0 Å². The molecule has 6 nitrogen and oxygen atoms in total. The highest BCUT2D eigenvalue weighted by Gasteiger charge is 2.61. The van der Waals surface area contributed by atoms with E-state index >= 15 is 0 Å². The Kier molecular flexibility index (Phi) is 5.30. The van der Waals surface area contributed by atoms with Crippen molar-refractivity contribution in [3.8, 4) is 0 Å². The first-order valence-corrected chi connectivity index (χ1v) is 11.1. The van der Waals surface area contributed by atoms with E-state index in [2.05, 4.69) is 19.2 Å².